The molecule has 0 radical (unpaired) electrons. The highest BCUT2D eigenvalue weighted by atomic mass is 19.1. The van der Waals surface area contributed by atoms with Gasteiger partial charge in [-0.05, 0) is 18.1 Å². The fourth-order valence-electron chi connectivity index (χ4n) is 2.47. The number of nitrogens with two attached hydrogens (primary N) is 1. The molecule has 1 aliphatic rings. The van der Waals surface area contributed by atoms with E-state index in [4.69, 9.17) is 5.73 Å². The number of halogens is 1. The van der Waals surface area contributed by atoms with E-state index >= 15 is 0 Å². The monoisotopic (exact) mass is 265 g/mol. The lowest BCUT2D eigenvalue weighted by atomic mass is 10.1. The molecule has 0 aliphatic carbocycles. The summed E-state index contributed by atoms with van der Waals surface area (Å²) < 4.78 is 13.8. The van der Waals surface area contributed by atoms with Gasteiger partial charge in [0, 0.05) is 44.7 Å². The Morgan fingerprint density at radius 2 is 2.37 bits per heavy atom. The molecule has 0 aromatic heterocycles. The molecule has 1 fully saturated rings. The van der Waals surface area contributed by atoms with Gasteiger partial charge in [0.25, 0.3) is 0 Å². The lowest BCUT2D eigenvalue weighted by Gasteiger charge is -2.17. The average molecular weight is 265 g/mol. The normalized spacial score (nSPS) is 19.6. The SMILES string of the molecule is CC(=O)NC1CCN(Cc2ccc(CN)cc2F)C1. The Labute approximate surface area is 112 Å². The molecule has 1 aliphatic heterocycles. The third-order valence-electron chi connectivity index (χ3n) is 3.43. The largest absolute Gasteiger partial charge is 0.352 e. The fraction of sp³-hybridized carbons (Fsp3) is 0.500. The van der Waals surface area contributed by atoms with Gasteiger partial charge in [0.05, 0.1) is 0 Å². The first-order valence-corrected chi connectivity index (χ1v) is 6.55. The van der Waals surface area contributed by atoms with Crippen LogP contribution in [0.4, 0.5) is 4.39 Å². The number of hydrogen-bond donors (Lipinski definition) is 2. The van der Waals surface area contributed by atoms with E-state index in [1.165, 1.54) is 13.0 Å². The molecule has 1 saturated heterocycles. The quantitative estimate of drug-likeness (QED) is 0.853. The van der Waals surface area contributed by atoms with Crippen molar-refractivity contribution < 1.29 is 9.18 Å². The molecule has 104 valence electrons. The molecule has 1 aromatic carbocycles. The van der Waals surface area contributed by atoms with Crippen molar-refractivity contribution in [3.8, 4) is 0 Å². The van der Waals surface area contributed by atoms with Gasteiger partial charge < -0.3 is 11.1 Å². The Morgan fingerprint density at radius 3 is 3.00 bits per heavy atom. The van der Waals surface area contributed by atoms with Crippen LogP contribution in [0.2, 0.25) is 0 Å². The highest BCUT2D eigenvalue weighted by Gasteiger charge is 2.23. The van der Waals surface area contributed by atoms with E-state index in [2.05, 4.69) is 10.2 Å². The fourth-order valence-corrected chi connectivity index (χ4v) is 2.47. The Balaban J connectivity index is 1.93. The summed E-state index contributed by atoms with van der Waals surface area (Å²) >= 11 is 0. The maximum atomic E-state index is 13.8. The van der Waals surface area contributed by atoms with Crippen LogP contribution in [-0.4, -0.2) is 29.9 Å². The summed E-state index contributed by atoms with van der Waals surface area (Å²) in [4.78, 5) is 13.1. The summed E-state index contributed by atoms with van der Waals surface area (Å²) in [6, 6.07) is 5.34. The number of carbonyl (C=O) groups is 1. The van der Waals surface area contributed by atoms with Gasteiger partial charge in [-0.25, -0.2) is 4.39 Å². The average Bonchev–Trinajstić information content (AvgIpc) is 2.78. The van der Waals surface area contributed by atoms with Crippen molar-refractivity contribution in [3.05, 3.63) is 35.1 Å². The zero-order chi connectivity index (χ0) is 13.8. The molecule has 5 heteroatoms. The van der Waals surface area contributed by atoms with Crippen LogP contribution < -0.4 is 11.1 Å². The van der Waals surface area contributed by atoms with Gasteiger partial charge in [0.1, 0.15) is 5.82 Å². The number of amides is 1. The molecular formula is C14H20FN3O. The highest BCUT2D eigenvalue weighted by molar-refractivity contribution is 5.73. The zero-order valence-corrected chi connectivity index (χ0v) is 11.2. The van der Waals surface area contributed by atoms with E-state index in [9.17, 15) is 9.18 Å². The lowest BCUT2D eigenvalue weighted by Crippen LogP contribution is -2.35. The minimum absolute atomic E-state index is 0.00895. The second-order valence-electron chi connectivity index (χ2n) is 5.05. The first-order chi connectivity index (χ1) is 9.08. The smallest absolute Gasteiger partial charge is 0.217 e. The second-order valence-corrected chi connectivity index (χ2v) is 5.05. The van der Waals surface area contributed by atoms with Crippen LogP contribution >= 0.6 is 0 Å². The van der Waals surface area contributed by atoms with Crippen LogP contribution in [0, 0.1) is 5.82 Å². The molecule has 1 unspecified atom stereocenters. The first kappa shape index (κ1) is 14.0. The van der Waals surface area contributed by atoms with Crippen LogP contribution in [0.25, 0.3) is 0 Å². The minimum atomic E-state index is -0.203. The Hall–Kier alpha value is -1.46. The maximum absolute atomic E-state index is 13.8. The van der Waals surface area contributed by atoms with E-state index < -0.39 is 0 Å². The molecule has 0 saturated carbocycles. The first-order valence-electron chi connectivity index (χ1n) is 6.55. The van der Waals surface area contributed by atoms with E-state index in [-0.39, 0.29) is 17.8 Å². The zero-order valence-electron chi connectivity index (χ0n) is 11.2. The maximum Gasteiger partial charge on any atom is 0.217 e. The van der Waals surface area contributed by atoms with Gasteiger partial charge >= 0.3 is 0 Å². The van der Waals surface area contributed by atoms with Crippen LogP contribution in [0.3, 0.4) is 0 Å². The second kappa shape index (κ2) is 6.12. The third-order valence-corrected chi connectivity index (χ3v) is 3.43. The number of nitrogens with zero attached hydrogens (tertiary/aromatic N) is 1. The molecule has 19 heavy (non-hydrogen) atoms. The van der Waals surface area contributed by atoms with Crippen LogP contribution in [0.1, 0.15) is 24.5 Å². The number of hydrogen-bond acceptors (Lipinski definition) is 3. The topological polar surface area (TPSA) is 58.4 Å². The predicted octanol–water partition coefficient (Wildman–Crippen LogP) is 0.995. The number of benzene rings is 1. The Kier molecular flexibility index (Phi) is 4.50. The highest BCUT2D eigenvalue weighted by Crippen LogP contribution is 2.17. The molecular weight excluding hydrogens is 245 g/mol. The van der Waals surface area contributed by atoms with Gasteiger partial charge in [-0.3, -0.25) is 9.69 Å². The molecule has 1 heterocycles. The standard InChI is InChI=1S/C14H20FN3O/c1-10(19)17-13-4-5-18(9-13)8-12-3-2-11(7-16)6-14(12)15/h2-3,6,13H,4-5,7-9,16H2,1H3,(H,17,19). The summed E-state index contributed by atoms with van der Waals surface area (Å²) in [5, 5.41) is 2.90. The van der Waals surface area contributed by atoms with E-state index in [0.29, 0.717) is 18.7 Å². The van der Waals surface area contributed by atoms with Crippen LogP contribution in [-0.2, 0) is 17.9 Å². The van der Waals surface area contributed by atoms with E-state index in [1.54, 1.807) is 6.07 Å². The molecule has 0 bridgehead atoms. The Bertz CT molecular complexity index is 464. The summed E-state index contributed by atoms with van der Waals surface area (Å²) in [7, 11) is 0. The third kappa shape index (κ3) is 3.75. The Morgan fingerprint density at radius 1 is 1.58 bits per heavy atom. The number of rotatable bonds is 4. The summed E-state index contributed by atoms with van der Waals surface area (Å²) in [6.07, 6.45) is 0.919. The molecule has 1 amide bonds. The molecule has 1 aromatic rings. The van der Waals surface area contributed by atoms with E-state index in [1.807, 2.05) is 6.07 Å². The minimum Gasteiger partial charge on any atom is -0.352 e. The van der Waals surface area contributed by atoms with Crippen molar-refractivity contribution in [1.82, 2.24) is 10.2 Å². The number of nitrogens with one attached hydrogen (secondary N) is 1. The van der Waals surface area contributed by atoms with Crippen molar-refractivity contribution in [2.24, 2.45) is 5.73 Å². The lowest BCUT2D eigenvalue weighted by molar-refractivity contribution is -0.119. The van der Waals surface area contributed by atoms with Crippen LogP contribution in [0.5, 0.6) is 0 Å². The van der Waals surface area contributed by atoms with Gasteiger partial charge in [0.2, 0.25) is 5.91 Å². The number of likely N-dealkylation sites (tertiary alicyclic amines) is 1. The van der Waals surface area contributed by atoms with Crippen molar-refractivity contribution >= 4 is 5.91 Å². The van der Waals surface area contributed by atoms with Crippen molar-refractivity contribution in [3.63, 3.8) is 0 Å². The van der Waals surface area contributed by atoms with Gasteiger partial charge in [-0.1, -0.05) is 12.1 Å². The summed E-state index contributed by atoms with van der Waals surface area (Å²) in [5.41, 5.74) is 6.97. The van der Waals surface area contributed by atoms with Crippen molar-refractivity contribution in [1.29, 1.82) is 0 Å². The van der Waals surface area contributed by atoms with Crippen molar-refractivity contribution in [2.45, 2.75) is 32.5 Å². The molecule has 1 atom stereocenters. The molecule has 3 N–H and O–H groups in total. The van der Waals surface area contributed by atoms with Gasteiger partial charge in [-0.2, -0.15) is 0 Å². The predicted molar refractivity (Wildman–Crippen MR) is 71.8 cm³/mol. The molecule has 0 spiro atoms. The number of carbonyl (C=O) groups excluding carboxylic acids is 1. The molecule has 4 nitrogen and oxygen atoms in total. The van der Waals surface area contributed by atoms with Gasteiger partial charge in [0.15, 0.2) is 0 Å². The van der Waals surface area contributed by atoms with E-state index in [0.717, 1.165) is 25.1 Å². The molecule has 2 rings (SSSR count). The van der Waals surface area contributed by atoms with Crippen molar-refractivity contribution in [2.75, 3.05) is 13.1 Å². The summed E-state index contributed by atoms with van der Waals surface area (Å²) in [5.74, 6) is -0.212. The summed E-state index contributed by atoms with van der Waals surface area (Å²) in [6.45, 7) is 4.10. The van der Waals surface area contributed by atoms with Gasteiger partial charge in [-0.15, -0.1) is 0 Å². The van der Waals surface area contributed by atoms with Crippen LogP contribution in [0.15, 0.2) is 18.2 Å².